The summed E-state index contributed by atoms with van der Waals surface area (Å²) in [4.78, 5) is 10.3. The van der Waals surface area contributed by atoms with Crippen LogP contribution in [0.15, 0.2) is 70.7 Å². The molecular weight excluding hydrogens is 494 g/mol. The van der Waals surface area contributed by atoms with Crippen molar-refractivity contribution in [3.63, 3.8) is 0 Å². The molecule has 0 amide bonds. The van der Waals surface area contributed by atoms with E-state index in [4.69, 9.17) is 0 Å². The predicted molar refractivity (Wildman–Crippen MR) is 133 cm³/mol. The lowest BCUT2D eigenvalue weighted by atomic mass is 10.1. The van der Waals surface area contributed by atoms with Gasteiger partial charge < -0.3 is 4.74 Å². The summed E-state index contributed by atoms with van der Waals surface area (Å²) in [6.45, 7) is 2.47. The van der Waals surface area contributed by atoms with Crippen LogP contribution in [0.25, 0.3) is 0 Å². The van der Waals surface area contributed by atoms with Crippen molar-refractivity contribution in [2.24, 2.45) is 5.10 Å². The van der Waals surface area contributed by atoms with E-state index in [0.29, 0.717) is 28.9 Å². The quantitative estimate of drug-likeness (QED) is 0.197. The number of alkyl halides is 2. The van der Waals surface area contributed by atoms with Crippen LogP contribution in [0.1, 0.15) is 30.0 Å². The number of nitro groups is 1. The second-order valence-electron chi connectivity index (χ2n) is 7.79. The molecule has 0 saturated heterocycles. The number of hydrogen-bond donors (Lipinski definition) is 2. The van der Waals surface area contributed by atoms with Gasteiger partial charge in [0, 0.05) is 12.1 Å². The van der Waals surface area contributed by atoms with E-state index < -0.39 is 27.2 Å². The number of hydrogen-bond acceptors (Lipinski definition) is 7. The zero-order valence-corrected chi connectivity index (χ0v) is 20.5. The Morgan fingerprint density at radius 2 is 1.72 bits per heavy atom. The number of halogens is 2. The SMILES string of the molecule is CC/C(=N/Nc1ccc([N+](=O)[O-])cc1S(=O)(=O)Nc1ccc(C)cc1C)c1ccc(OC(F)F)cc1. The minimum Gasteiger partial charge on any atom is -0.435 e. The van der Waals surface area contributed by atoms with Crippen molar-refractivity contribution < 1.29 is 26.9 Å². The Hall–Kier alpha value is -4.06. The third-order valence-corrected chi connectivity index (χ3v) is 6.56. The van der Waals surface area contributed by atoms with Gasteiger partial charge >= 0.3 is 6.61 Å². The number of rotatable bonds is 10. The lowest BCUT2D eigenvalue weighted by Crippen LogP contribution is -2.16. The third kappa shape index (κ3) is 6.54. The molecule has 190 valence electrons. The average molecular weight is 519 g/mol. The first-order valence-corrected chi connectivity index (χ1v) is 12.2. The van der Waals surface area contributed by atoms with Crippen LogP contribution >= 0.6 is 0 Å². The van der Waals surface area contributed by atoms with Crippen molar-refractivity contribution in [2.45, 2.75) is 38.7 Å². The maximum Gasteiger partial charge on any atom is 0.387 e. The van der Waals surface area contributed by atoms with E-state index in [1.54, 1.807) is 32.0 Å². The lowest BCUT2D eigenvalue weighted by Gasteiger charge is -2.14. The van der Waals surface area contributed by atoms with Crippen LogP contribution in [0, 0.1) is 24.0 Å². The Labute approximate surface area is 207 Å². The van der Waals surface area contributed by atoms with E-state index in [2.05, 4.69) is 20.0 Å². The number of ether oxygens (including phenoxy) is 1. The zero-order chi connectivity index (χ0) is 26.5. The van der Waals surface area contributed by atoms with Gasteiger partial charge in [0.05, 0.1) is 22.0 Å². The molecule has 0 aliphatic rings. The predicted octanol–water partition coefficient (Wildman–Crippen LogP) is 5.84. The maximum atomic E-state index is 13.2. The van der Waals surface area contributed by atoms with Gasteiger partial charge in [-0.3, -0.25) is 20.3 Å². The van der Waals surface area contributed by atoms with Crippen LogP contribution < -0.4 is 14.9 Å². The molecule has 0 fully saturated rings. The van der Waals surface area contributed by atoms with Gasteiger partial charge in [-0.1, -0.05) is 24.6 Å². The van der Waals surface area contributed by atoms with Crippen molar-refractivity contribution in [3.05, 3.63) is 87.5 Å². The number of anilines is 2. The van der Waals surface area contributed by atoms with Gasteiger partial charge in [-0.05, 0) is 67.8 Å². The Morgan fingerprint density at radius 3 is 2.31 bits per heavy atom. The van der Waals surface area contributed by atoms with E-state index in [0.717, 1.165) is 17.7 Å². The summed E-state index contributed by atoms with van der Waals surface area (Å²) in [6.07, 6.45) is 0.415. The summed E-state index contributed by atoms with van der Waals surface area (Å²) in [5.41, 5.74) is 5.34. The van der Waals surface area contributed by atoms with E-state index in [9.17, 15) is 27.3 Å². The number of sulfonamides is 1. The molecule has 0 atom stereocenters. The maximum absolute atomic E-state index is 13.2. The molecule has 0 heterocycles. The Morgan fingerprint density at radius 1 is 1.06 bits per heavy atom. The highest BCUT2D eigenvalue weighted by atomic mass is 32.2. The number of aryl methyl sites for hydroxylation is 2. The fraction of sp³-hybridized carbons (Fsp3) is 0.208. The second-order valence-corrected chi connectivity index (χ2v) is 9.44. The molecule has 0 radical (unpaired) electrons. The molecule has 12 heteroatoms. The molecule has 2 N–H and O–H groups in total. The van der Waals surface area contributed by atoms with Crippen LogP contribution in [-0.2, 0) is 10.0 Å². The number of benzene rings is 3. The number of nitrogens with zero attached hydrogens (tertiary/aromatic N) is 2. The molecule has 0 spiro atoms. The number of nitrogens with one attached hydrogen (secondary N) is 2. The van der Waals surface area contributed by atoms with Crippen molar-refractivity contribution in [1.82, 2.24) is 0 Å². The molecule has 0 unspecified atom stereocenters. The molecule has 0 aliphatic carbocycles. The van der Waals surface area contributed by atoms with E-state index in [1.807, 2.05) is 6.92 Å². The van der Waals surface area contributed by atoms with Crippen LogP contribution in [0.4, 0.5) is 25.8 Å². The Balaban J connectivity index is 1.96. The van der Waals surface area contributed by atoms with Gasteiger partial charge in [0.2, 0.25) is 0 Å². The minimum absolute atomic E-state index is 0.0152. The smallest absolute Gasteiger partial charge is 0.387 e. The highest BCUT2D eigenvalue weighted by molar-refractivity contribution is 7.92. The fourth-order valence-corrected chi connectivity index (χ4v) is 4.68. The first kappa shape index (κ1) is 26.5. The first-order valence-electron chi connectivity index (χ1n) is 10.8. The number of hydrazone groups is 1. The molecule has 0 aliphatic heterocycles. The van der Waals surface area contributed by atoms with Gasteiger partial charge in [-0.25, -0.2) is 8.42 Å². The summed E-state index contributed by atoms with van der Waals surface area (Å²) in [6, 6.07) is 14.3. The van der Waals surface area contributed by atoms with Crippen molar-refractivity contribution in [1.29, 1.82) is 0 Å². The molecule has 3 aromatic rings. The molecule has 36 heavy (non-hydrogen) atoms. The number of non-ortho nitro benzene ring substituents is 1. The van der Waals surface area contributed by atoms with Crippen LogP contribution in [0.5, 0.6) is 5.75 Å². The molecule has 0 aromatic heterocycles. The van der Waals surface area contributed by atoms with Crippen molar-refractivity contribution in [2.75, 3.05) is 10.1 Å². The lowest BCUT2D eigenvalue weighted by molar-refractivity contribution is -0.385. The topological polar surface area (TPSA) is 123 Å². The molecule has 3 aromatic carbocycles. The second kappa shape index (κ2) is 11.1. The van der Waals surface area contributed by atoms with Gasteiger partial charge in [-0.2, -0.15) is 13.9 Å². The Bertz CT molecular complexity index is 1390. The summed E-state index contributed by atoms with van der Waals surface area (Å²) in [7, 11) is -4.25. The molecule has 0 bridgehead atoms. The molecule has 0 saturated carbocycles. The van der Waals surface area contributed by atoms with E-state index in [1.165, 1.54) is 30.3 Å². The van der Waals surface area contributed by atoms with Crippen LogP contribution in [-0.4, -0.2) is 25.7 Å². The third-order valence-electron chi connectivity index (χ3n) is 5.15. The highest BCUT2D eigenvalue weighted by Crippen LogP contribution is 2.29. The largest absolute Gasteiger partial charge is 0.435 e. The normalized spacial score (nSPS) is 11.9. The summed E-state index contributed by atoms with van der Waals surface area (Å²) >= 11 is 0. The van der Waals surface area contributed by atoms with Crippen molar-refractivity contribution in [3.8, 4) is 5.75 Å². The molecular formula is C24H24F2N4O5S. The fourth-order valence-electron chi connectivity index (χ4n) is 3.37. The van der Waals surface area contributed by atoms with Crippen molar-refractivity contribution >= 4 is 32.8 Å². The van der Waals surface area contributed by atoms with Crippen LogP contribution in [0.2, 0.25) is 0 Å². The summed E-state index contributed by atoms with van der Waals surface area (Å²) in [5, 5.41) is 15.6. The monoisotopic (exact) mass is 518 g/mol. The molecule has 3 rings (SSSR count). The Kier molecular flexibility index (Phi) is 8.20. The highest BCUT2D eigenvalue weighted by Gasteiger charge is 2.23. The first-order chi connectivity index (χ1) is 17.0. The van der Waals surface area contributed by atoms with E-state index in [-0.39, 0.29) is 16.3 Å². The standard InChI is InChI=1S/C24H24F2N4O5S/c1-4-20(17-6-9-19(10-7-17)35-24(25)26)27-28-22-12-8-18(30(31)32)14-23(22)36(33,34)29-21-11-5-15(2)13-16(21)3/h5-14,24,28-29H,4H2,1-3H3/b27-20-. The molecule has 9 nitrogen and oxygen atoms in total. The van der Waals surface area contributed by atoms with Gasteiger partial charge in [0.25, 0.3) is 15.7 Å². The summed E-state index contributed by atoms with van der Waals surface area (Å²) < 4.78 is 58.1. The minimum atomic E-state index is -4.25. The van der Waals surface area contributed by atoms with Crippen LogP contribution in [0.3, 0.4) is 0 Å². The van der Waals surface area contributed by atoms with E-state index >= 15 is 0 Å². The number of nitro benzene ring substituents is 1. The average Bonchev–Trinajstić information content (AvgIpc) is 2.81. The summed E-state index contributed by atoms with van der Waals surface area (Å²) in [5.74, 6) is -0.0154. The van der Waals surface area contributed by atoms with Gasteiger partial charge in [0.15, 0.2) is 0 Å². The zero-order valence-electron chi connectivity index (χ0n) is 19.7. The van der Waals surface area contributed by atoms with Gasteiger partial charge in [-0.15, -0.1) is 0 Å². The van der Waals surface area contributed by atoms with Gasteiger partial charge in [0.1, 0.15) is 10.6 Å².